The molecule has 6 nitrogen and oxygen atoms in total. The summed E-state index contributed by atoms with van der Waals surface area (Å²) in [5, 5.41) is 22.5. The first-order valence-corrected chi connectivity index (χ1v) is 7.33. The highest BCUT2D eigenvalue weighted by Gasteiger charge is 2.15. The number of carbonyl (C=O) groups is 1. The van der Waals surface area contributed by atoms with Crippen LogP contribution in [0.1, 0.15) is 11.1 Å². The fourth-order valence-corrected chi connectivity index (χ4v) is 2.21. The minimum atomic E-state index is -0.828. The Labute approximate surface area is 147 Å². The summed E-state index contributed by atoms with van der Waals surface area (Å²) in [7, 11) is 0. The quantitative estimate of drug-likeness (QED) is 0.382. The number of hydrogen-bond donors (Lipinski definition) is 1. The first-order chi connectivity index (χ1) is 11.8. The zero-order chi connectivity index (χ0) is 18.6. The maximum atomic E-state index is 13.8. The maximum absolute atomic E-state index is 13.8. The van der Waals surface area contributed by atoms with E-state index in [1.54, 1.807) is 13.0 Å². The molecule has 0 unspecified atom stereocenters. The van der Waals surface area contributed by atoms with E-state index in [1.165, 1.54) is 30.3 Å². The van der Waals surface area contributed by atoms with Crippen LogP contribution in [-0.4, -0.2) is 10.8 Å². The third-order valence-electron chi connectivity index (χ3n) is 3.33. The molecule has 0 aromatic heterocycles. The Hall–Kier alpha value is -3.24. The Balaban J connectivity index is 2.36. The number of non-ortho nitro benzene ring substituents is 1. The molecule has 0 fully saturated rings. The molecule has 0 saturated heterocycles. The summed E-state index contributed by atoms with van der Waals surface area (Å²) in [6, 6.07) is 9.59. The van der Waals surface area contributed by atoms with Gasteiger partial charge in [-0.05, 0) is 30.7 Å². The molecular formula is C17H11ClFN3O3. The van der Waals surface area contributed by atoms with E-state index in [9.17, 15) is 24.6 Å². The Kier molecular flexibility index (Phi) is 5.47. The largest absolute Gasteiger partial charge is 0.321 e. The third kappa shape index (κ3) is 4.19. The minimum absolute atomic E-state index is 0.0482. The molecule has 0 saturated carbocycles. The molecule has 2 aromatic rings. The lowest BCUT2D eigenvalue weighted by Gasteiger charge is -2.08. The number of amides is 1. The van der Waals surface area contributed by atoms with Crippen LogP contribution in [0.2, 0.25) is 5.02 Å². The van der Waals surface area contributed by atoms with E-state index in [-0.39, 0.29) is 22.0 Å². The molecule has 0 bridgehead atoms. The lowest BCUT2D eigenvalue weighted by atomic mass is 10.1. The summed E-state index contributed by atoms with van der Waals surface area (Å²) in [4.78, 5) is 22.5. The van der Waals surface area contributed by atoms with Crippen LogP contribution in [0.25, 0.3) is 6.08 Å². The number of aryl methyl sites for hydroxylation is 1. The average molecular weight is 360 g/mol. The highest BCUT2D eigenvalue weighted by Crippen LogP contribution is 2.24. The molecule has 25 heavy (non-hydrogen) atoms. The van der Waals surface area contributed by atoms with Crippen molar-refractivity contribution in [1.82, 2.24) is 0 Å². The van der Waals surface area contributed by atoms with Crippen molar-refractivity contribution in [3.63, 3.8) is 0 Å². The van der Waals surface area contributed by atoms with Gasteiger partial charge in [-0.15, -0.1) is 0 Å². The van der Waals surface area contributed by atoms with Crippen molar-refractivity contribution >= 4 is 35.0 Å². The standard InChI is InChI=1S/C17H11ClFN3O3/c1-10-5-6-12(22(24)25)8-16(10)21-17(23)11(9-20)7-13-14(18)3-2-4-15(13)19/h2-8H,1H3,(H,21,23)/b11-7+. The van der Waals surface area contributed by atoms with Crippen LogP contribution in [0.4, 0.5) is 15.8 Å². The van der Waals surface area contributed by atoms with Gasteiger partial charge in [0.05, 0.1) is 15.6 Å². The second-order valence-corrected chi connectivity index (χ2v) is 5.42. The fraction of sp³-hybridized carbons (Fsp3) is 0.0588. The number of hydrogen-bond acceptors (Lipinski definition) is 4. The van der Waals surface area contributed by atoms with E-state index in [1.807, 2.05) is 0 Å². The van der Waals surface area contributed by atoms with E-state index >= 15 is 0 Å². The van der Waals surface area contributed by atoms with Crippen molar-refractivity contribution < 1.29 is 14.1 Å². The number of nitrogens with one attached hydrogen (secondary N) is 1. The van der Waals surface area contributed by atoms with Gasteiger partial charge in [0.2, 0.25) is 0 Å². The van der Waals surface area contributed by atoms with Gasteiger partial charge < -0.3 is 5.32 Å². The third-order valence-corrected chi connectivity index (χ3v) is 3.66. The lowest BCUT2D eigenvalue weighted by Crippen LogP contribution is -2.14. The summed E-state index contributed by atoms with van der Waals surface area (Å²) in [5.74, 6) is -1.51. The summed E-state index contributed by atoms with van der Waals surface area (Å²) >= 11 is 5.88. The molecule has 0 spiro atoms. The molecule has 1 N–H and O–H groups in total. The normalized spacial score (nSPS) is 10.9. The number of benzene rings is 2. The van der Waals surface area contributed by atoms with E-state index in [0.717, 1.165) is 12.1 Å². The second kappa shape index (κ2) is 7.55. The van der Waals surface area contributed by atoms with Crippen molar-refractivity contribution in [3.8, 4) is 6.07 Å². The molecule has 2 aromatic carbocycles. The molecule has 0 aliphatic heterocycles. The van der Waals surface area contributed by atoms with E-state index < -0.39 is 22.2 Å². The Bertz CT molecular complexity index is 915. The van der Waals surface area contributed by atoms with Gasteiger partial charge in [0.1, 0.15) is 17.5 Å². The summed E-state index contributed by atoms with van der Waals surface area (Å²) < 4.78 is 13.8. The minimum Gasteiger partial charge on any atom is -0.321 e. The van der Waals surface area contributed by atoms with Gasteiger partial charge in [-0.1, -0.05) is 23.7 Å². The predicted octanol–water partition coefficient (Wildman–Crippen LogP) is 4.24. The zero-order valence-electron chi connectivity index (χ0n) is 12.9. The van der Waals surface area contributed by atoms with Crippen LogP contribution >= 0.6 is 11.6 Å². The molecule has 8 heteroatoms. The van der Waals surface area contributed by atoms with E-state index in [2.05, 4.69) is 5.32 Å². The zero-order valence-corrected chi connectivity index (χ0v) is 13.7. The molecule has 126 valence electrons. The van der Waals surface area contributed by atoms with Gasteiger partial charge in [0.15, 0.2) is 0 Å². The van der Waals surface area contributed by atoms with Crippen molar-refractivity contribution in [2.24, 2.45) is 0 Å². The van der Waals surface area contributed by atoms with E-state index in [4.69, 9.17) is 11.6 Å². The van der Waals surface area contributed by atoms with Crippen LogP contribution in [-0.2, 0) is 4.79 Å². The SMILES string of the molecule is Cc1ccc([N+](=O)[O-])cc1NC(=O)/C(C#N)=C/c1c(F)cccc1Cl. The molecule has 0 aliphatic carbocycles. The van der Waals surface area contributed by atoms with Crippen molar-refractivity contribution in [2.45, 2.75) is 6.92 Å². The van der Waals surface area contributed by atoms with Gasteiger partial charge in [-0.3, -0.25) is 14.9 Å². The molecule has 0 aliphatic rings. The number of nitrogens with zero attached hydrogens (tertiary/aromatic N) is 2. The molecule has 0 radical (unpaired) electrons. The van der Waals surface area contributed by atoms with Gasteiger partial charge in [0, 0.05) is 17.7 Å². The Morgan fingerprint density at radius 2 is 2.12 bits per heavy atom. The number of halogens is 2. The molecule has 1 amide bonds. The van der Waals surface area contributed by atoms with Gasteiger partial charge in [0.25, 0.3) is 11.6 Å². The monoisotopic (exact) mass is 359 g/mol. The average Bonchev–Trinajstić information content (AvgIpc) is 2.56. The number of rotatable bonds is 4. The summed E-state index contributed by atoms with van der Waals surface area (Å²) in [5.41, 5.74) is 0.0604. The smallest absolute Gasteiger partial charge is 0.271 e. The van der Waals surface area contributed by atoms with E-state index in [0.29, 0.717) is 5.56 Å². The second-order valence-electron chi connectivity index (χ2n) is 5.02. The van der Waals surface area contributed by atoms with Crippen LogP contribution in [0, 0.1) is 34.2 Å². The van der Waals surface area contributed by atoms with Crippen LogP contribution < -0.4 is 5.32 Å². The topological polar surface area (TPSA) is 96.0 Å². The highest BCUT2D eigenvalue weighted by molar-refractivity contribution is 6.32. The fourth-order valence-electron chi connectivity index (χ4n) is 1.99. The van der Waals surface area contributed by atoms with Crippen LogP contribution in [0.15, 0.2) is 42.0 Å². The van der Waals surface area contributed by atoms with Crippen LogP contribution in [0.5, 0.6) is 0 Å². The van der Waals surface area contributed by atoms with Gasteiger partial charge >= 0.3 is 0 Å². The maximum Gasteiger partial charge on any atom is 0.271 e. The predicted molar refractivity (Wildman–Crippen MR) is 91.5 cm³/mol. The molecule has 0 atom stereocenters. The summed E-state index contributed by atoms with van der Waals surface area (Å²) in [6.07, 6.45) is 1.03. The summed E-state index contributed by atoms with van der Waals surface area (Å²) in [6.45, 7) is 1.64. The highest BCUT2D eigenvalue weighted by atomic mass is 35.5. The van der Waals surface area contributed by atoms with Crippen LogP contribution in [0.3, 0.4) is 0 Å². The number of nitriles is 1. The molecule has 0 heterocycles. The Morgan fingerprint density at radius 1 is 1.40 bits per heavy atom. The van der Waals surface area contributed by atoms with Gasteiger partial charge in [-0.2, -0.15) is 5.26 Å². The number of anilines is 1. The number of carbonyl (C=O) groups excluding carboxylic acids is 1. The van der Waals surface area contributed by atoms with Gasteiger partial charge in [-0.25, -0.2) is 4.39 Å². The van der Waals surface area contributed by atoms with Crippen molar-refractivity contribution in [3.05, 3.63) is 74.1 Å². The number of nitro groups is 1. The van der Waals surface area contributed by atoms with Crippen molar-refractivity contribution in [2.75, 3.05) is 5.32 Å². The molecule has 2 rings (SSSR count). The first kappa shape index (κ1) is 18.1. The first-order valence-electron chi connectivity index (χ1n) is 6.95. The lowest BCUT2D eigenvalue weighted by molar-refractivity contribution is -0.384. The van der Waals surface area contributed by atoms with Crippen molar-refractivity contribution in [1.29, 1.82) is 5.26 Å². The Morgan fingerprint density at radius 3 is 2.72 bits per heavy atom. The number of nitro benzene ring substituents is 1. The molecular weight excluding hydrogens is 349 g/mol.